The number of carbonyl (C=O) groups is 3. The number of Topliss-reactive ketones (excluding diaryl/α,β-unsaturated/α-hetero) is 1. The van der Waals surface area contributed by atoms with Gasteiger partial charge in [0.05, 0.1) is 22.5 Å². The molecule has 2 aromatic rings. The molecule has 0 radical (unpaired) electrons. The molecule has 10 nitrogen and oxygen atoms in total. The van der Waals surface area contributed by atoms with Gasteiger partial charge in [0.2, 0.25) is 0 Å². The number of halogens is 4. The minimum atomic E-state index is -3.00. The summed E-state index contributed by atoms with van der Waals surface area (Å²) in [5.41, 5.74) is 8.48. The molecular weight excluding hydrogens is 522 g/mol. The van der Waals surface area contributed by atoms with E-state index < -0.39 is 42.4 Å². The number of anilines is 1. The smallest absolute Gasteiger partial charge is 0.293 e. The number of hydrazine groups is 1. The molecular formula is C25H29F4N7O3. The lowest BCUT2D eigenvalue weighted by molar-refractivity contribution is -0.137. The summed E-state index contributed by atoms with van der Waals surface area (Å²) in [5.74, 6) is 0.670. The van der Waals surface area contributed by atoms with Crippen molar-refractivity contribution >= 4 is 23.7 Å². The second-order valence-corrected chi connectivity index (χ2v) is 9.95. The molecule has 3 aliphatic rings. The molecule has 2 saturated carbocycles. The number of amides is 1. The zero-order chi connectivity index (χ0) is 28.7. The molecule has 0 saturated heterocycles. The Morgan fingerprint density at radius 3 is 2.54 bits per heavy atom. The Balaban J connectivity index is 0.000000270. The van der Waals surface area contributed by atoms with Gasteiger partial charge in [0.1, 0.15) is 5.69 Å². The van der Waals surface area contributed by atoms with Gasteiger partial charge in [-0.2, -0.15) is 0 Å². The van der Waals surface area contributed by atoms with Crippen LogP contribution < -0.4 is 27.6 Å². The second kappa shape index (κ2) is 10.3. The van der Waals surface area contributed by atoms with Gasteiger partial charge in [-0.25, -0.2) is 17.6 Å². The Kier molecular flexibility index (Phi) is 7.43. The summed E-state index contributed by atoms with van der Waals surface area (Å²) in [6.07, 6.45) is 0.786. The molecule has 2 fully saturated rings. The van der Waals surface area contributed by atoms with Crippen molar-refractivity contribution in [2.75, 3.05) is 12.4 Å². The zero-order valence-corrected chi connectivity index (χ0v) is 21.2. The van der Waals surface area contributed by atoms with Crippen LogP contribution >= 0.6 is 0 Å². The van der Waals surface area contributed by atoms with Crippen LogP contribution in [0.4, 0.5) is 23.2 Å². The van der Waals surface area contributed by atoms with E-state index in [2.05, 4.69) is 21.0 Å². The maximum absolute atomic E-state index is 13.5. The summed E-state index contributed by atoms with van der Waals surface area (Å²) in [5, 5.41) is 5.13. The molecule has 1 amide bonds. The Labute approximate surface area is 221 Å². The molecule has 2 aromatic heterocycles. The Morgan fingerprint density at radius 2 is 1.97 bits per heavy atom. The van der Waals surface area contributed by atoms with Gasteiger partial charge in [0.25, 0.3) is 24.0 Å². The highest BCUT2D eigenvalue weighted by Gasteiger charge is 2.59. The van der Waals surface area contributed by atoms with Crippen LogP contribution in [0.5, 0.6) is 0 Å². The van der Waals surface area contributed by atoms with E-state index in [9.17, 15) is 31.9 Å². The quantitative estimate of drug-likeness (QED) is 0.0837. The first kappa shape index (κ1) is 28.1. The van der Waals surface area contributed by atoms with E-state index in [1.807, 2.05) is 4.57 Å². The molecule has 2 unspecified atom stereocenters. The monoisotopic (exact) mass is 551 g/mol. The maximum atomic E-state index is 13.5. The Hall–Kier alpha value is -3.94. The van der Waals surface area contributed by atoms with Crippen LogP contribution in [0.3, 0.4) is 0 Å². The fourth-order valence-corrected chi connectivity index (χ4v) is 5.37. The van der Waals surface area contributed by atoms with E-state index in [-0.39, 0.29) is 23.0 Å². The number of nitrogens with two attached hydrogens (primary N) is 2. The lowest BCUT2D eigenvalue weighted by Crippen LogP contribution is -2.65. The standard InChI is InChI=1S/C18H21F2N5O3.C7H8F2N2/c1-8-12(5-26)25-10-2-9(10)3-11(25)14(8)15(27)16(28)24-17(13(21)4-23-22)6-18(19,20)7-17;1-10-5-2-3-11-6(4-5)7(8)9/h4-5,9-10,23H,2-3,6-7,21-22H2,1H3,(H,24,28);2-4,7H,1H3,(H,10,11)/b13-4-;. The van der Waals surface area contributed by atoms with E-state index in [1.165, 1.54) is 12.3 Å². The number of hydrogen-bond donors (Lipinski definition) is 5. The highest BCUT2D eigenvalue weighted by atomic mass is 19.3. The molecule has 7 N–H and O–H groups in total. The number of aromatic nitrogens is 2. The van der Waals surface area contributed by atoms with Gasteiger partial charge in [0.15, 0.2) is 6.29 Å². The third-order valence-corrected chi connectivity index (χ3v) is 7.37. The average Bonchev–Trinajstić information content (AvgIpc) is 3.46. The second-order valence-electron chi connectivity index (χ2n) is 9.95. The topological polar surface area (TPSA) is 157 Å². The fraction of sp³-hybridized carbons (Fsp3) is 0.440. The van der Waals surface area contributed by atoms with Gasteiger partial charge in [0, 0.05) is 49.7 Å². The van der Waals surface area contributed by atoms with Crippen LogP contribution in [0.1, 0.15) is 69.5 Å². The number of hydrogen-bond acceptors (Lipinski definition) is 8. The van der Waals surface area contributed by atoms with Gasteiger partial charge in [-0.15, -0.1) is 0 Å². The van der Waals surface area contributed by atoms with E-state index >= 15 is 0 Å². The van der Waals surface area contributed by atoms with Crippen molar-refractivity contribution in [3.05, 3.63) is 58.4 Å². The van der Waals surface area contributed by atoms with Gasteiger partial charge in [-0.1, -0.05) is 0 Å². The number of nitrogens with one attached hydrogen (secondary N) is 3. The van der Waals surface area contributed by atoms with Crippen LogP contribution in [0.15, 0.2) is 30.2 Å². The molecule has 39 heavy (non-hydrogen) atoms. The predicted octanol–water partition coefficient (Wildman–Crippen LogP) is 2.52. The van der Waals surface area contributed by atoms with Gasteiger partial charge >= 0.3 is 0 Å². The minimum absolute atomic E-state index is 0.0873. The molecule has 2 aliphatic carbocycles. The van der Waals surface area contributed by atoms with Crippen molar-refractivity contribution in [1.29, 1.82) is 0 Å². The van der Waals surface area contributed by atoms with Crippen LogP contribution in [0.2, 0.25) is 0 Å². The van der Waals surface area contributed by atoms with Crippen LogP contribution in [0.25, 0.3) is 0 Å². The van der Waals surface area contributed by atoms with Crippen molar-refractivity contribution in [3.8, 4) is 0 Å². The first-order chi connectivity index (χ1) is 18.4. The highest BCUT2D eigenvalue weighted by molar-refractivity contribution is 6.43. The summed E-state index contributed by atoms with van der Waals surface area (Å²) >= 11 is 0. The van der Waals surface area contributed by atoms with E-state index in [0.29, 0.717) is 41.3 Å². The van der Waals surface area contributed by atoms with Crippen molar-refractivity contribution in [2.45, 2.75) is 56.5 Å². The van der Waals surface area contributed by atoms with Crippen molar-refractivity contribution in [2.24, 2.45) is 17.5 Å². The number of ketones is 1. The summed E-state index contributed by atoms with van der Waals surface area (Å²) in [7, 11) is 1.67. The summed E-state index contributed by atoms with van der Waals surface area (Å²) in [4.78, 5) is 40.6. The molecule has 0 aromatic carbocycles. The van der Waals surface area contributed by atoms with Crippen LogP contribution in [-0.4, -0.2) is 46.0 Å². The summed E-state index contributed by atoms with van der Waals surface area (Å²) in [6.45, 7) is 1.62. The average molecular weight is 552 g/mol. The third-order valence-electron chi connectivity index (χ3n) is 7.37. The van der Waals surface area contributed by atoms with Gasteiger partial charge in [-0.05, 0) is 43.4 Å². The van der Waals surface area contributed by atoms with Crippen molar-refractivity contribution in [3.63, 3.8) is 0 Å². The molecule has 5 rings (SSSR count). The first-order valence-electron chi connectivity index (χ1n) is 12.2. The predicted molar refractivity (Wildman–Crippen MR) is 133 cm³/mol. The molecule has 1 aliphatic heterocycles. The molecule has 2 atom stereocenters. The maximum Gasteiger partial charge on any atom is 0.293 e. The van der Waals surface area contributed by atoms with Crippen molar-refractivity contribution < 1.29 is 31.9 Å². The first-order valence-corrected chi connectivity index (χ1v) is 12.2. The molecule has 0 bridgehead atoms. The summed E-state index contributed by atoms with van der Waals surface area (Å²) < 4.78 is 52.9. The van der Waals surface area contributed by atoms with E-state index in [4.69, 9.17) is 11.6 Å². The lowest BCUT2D eigenvalue weighted by atomic mass is 9.71. The number of pyridine rings is 1. The SMILES string of the molecule is CNc1ccnc(C(F)F)c1.Cc1c(C(=O)C(=O)NC2(/C(N)=C/NN)CC(F)(F)C2)c2n(c1C=O)C1CC1C2. The lowest BCUT2D eigenvalue weighted by Gasteiger charge is -2.47. The van der Waals surface area contributed by atoms with Crippen LogP contribution in [0, 0.1) is 12.8 Å². The number of nitrogens with zero attached hydrogens (tertiary/aromatic N) is 2. The fourth-order valence-electron chi connectivity index (χ4n) is 5.37. The number of rotatable bonds is 8. The Morgan fingerprint density at radius 1 is 1.28 bits per heavy atom. The molecule has 0 spiro atoms. The van der Waals surface area contributed by atoms with E-state index in [0.717, 1.165) is 12.6 Å². The Bertz CT molecular complexity index is 1330. The van der Waals surface area contributed by atoms with E-state index in [1.54, 1.807) is 20.0 Å². The number of carbonyl (C=O) groups excluding carboxylic acids is 3. The largest absolute Gasteiger partial charge is 0.399 e. The van der Waals surface area contributed by atoms with Gasteiger partial charge in [-0.3, -0.25) is 25.2 Å². The number of alkyl halides is 4. The third kappa shape index (κ3) is 5.20. The zero-order valence-electron chi connectivity index (χ0n) is 21.2. The number of fused-ring (bicyclic) bond motifs is 3. The normalized spacial score (nSPS) is 21.5. The minimum Gasteiger partial charge on any atom is -0.399 e. The van der Waals surface area contributed by atoms with Crippen molar-refractivity contribution in [1.82, 2.24) is 20.3 Å². The van der Waals surface area contributed by atoms with Crippen LogP contribution in [-0.2, 0) is 11.2 Å². The number of aldehydes is 1. The highest BCUT2D eigenvalue weighted by Crippen LogP contribution is 2.54. The summed E-state index contributed by atoms with van der Waals surface area (Å²) in [6, 6.07) is 3.15. The molecule has 14 heteroatoms. The molecule has 210 valence electrons. The van der Waals surface area contributed by atoms with Gasteiger partial charge < -0.3 is 26.4 Å². The molecule has 3 heterocycles.